The summed E-state index contributed by atoms with van der Waals surface area (Å²) in [6, 6.07) is 10.7. The van der Waals surface area contributed by atoms with Crippen molar-refractivity contribution < 1.29 is 37.4 Å². The summed E-state index contributed by atoms with van der Waals surface area (Å²) >= 11 is 0. The second kappa shape index (κ2) is 9.49. The monoisotopic (exact) mass is 278 g/mol. The van der Waals surface area contributed by atoms with Crippen LogP contribution in [0.3, 0.4) is 0 Å². The molecular weight excluding hydrogens is 264 g/mol. The van der Waals surface area contributed by atoms with Gasteiger partial charge in [-0.05, 0) is 6.54 Å². The molecule has 0 aromatic heterocycles. The Kier molecular flexibility index (Phi) is 9.66. The van der Waals surface area contributed by atoms with Crippen LogP contribution in [0.4, 0.5) is 0 Å². The SMILES string of the molecule is [B]N(CC)NCOCc1c[c-]ccc1.[Y]. The van der Waals surface area contributed by atoms with Crippen LogP contribution in [0.2, 0.25) is 0 Å². The predicted octanol–water partition coefficient (Wildman–Crippen LogP) is 0.868. The van der Waals surface area contributed by atoms with E-state index in [0.29, 0.717) is 13.3 Å². The van der Waals surface area contributed by atoms with Gasteiger partial charge in [-0.3, -0.25) is 4.92 Å². The molecule has 0 atom stereocenters. The van der Waals surface area contributed by atoms with Crippen LogP contribution in [0.25, 0.3) is 0 Å². The third kappa shape index (κ3) is 7.20. The summed E-state index contributed by atoms with van der Waals surface area (Å²) in [4.78, 5) is 1.48. The van der Waals surface area contributed by atoms with E-state index in [1.54, 1.807) is 0 Å². The average molecular weight is 278 g/mol. The zero-order valence-corrected chi connectivity index (χ0v) is 11.8. The third-order valence-corrected chi connectivity index (χ3v) is 1.75. The van der Waals surface area contributed by atoms with Gasteiger partial charge in [-0.15, -0.1) is 5.56 Å². The molecule has 0 saturated heterocycles. The van der Waals surface area contributed by atoms with Crippen molar-refractivity contribution in [3.63, 3.8) is 0 Å². The van der Waals surface area contributed by atoms with E-state index < -0.39 is 0 Å². The van der Waals surface area contributed by atoms with E-state index in [1.165, 1.54) is 4.92 Å². The minimum Gasteiger partial charge on any atom is -0.373 e. The van der Waals surface area contributed by atoms with E-state index in [4.69, 9.17) is 12.7 Å². The first-order valence-electron chi connectivity index (χ1n) is 4.61. The largest absolute Gasteiger partial charge is 0.373 e. The summed E-state index contributed by atoms with van der Waals surface area (Å²) in [6.45, 7) is 3.68. The van der Waals surface area contributed by atoms with Crippen LogP contribution in [0.15, 0.2) is 24.3 Å². The predicted molar refractivity (Wildman–Crippen MR) is 56.2 cm³/mol. The first-order chi connectivity index (χ1) is 6.83. The van der Waals surface area contributed by atoms with Gasteiger partial charge in [0.1, 0.15) is 6.73 Å². The Balaban J connectivity index is 0.00000196. The Bertz CT molecular complexity index is 248. The van der Waals surface area contributed by atoms with E-state index in [9.17, 15) is 0 Å². The fourth-order valence-corrected chi connectivity index (χ4v) is 0.930. The van der Waals surface area contributed by atoms with Crippen LogP contribution >= 0.6 is 0 Å². The van der Waals surface area contributed by atoms with Gasteiger partial charge >= 0.3 is 0 Å². The molecule has 77 valence electrons. The summed E-state index contributed by atoms with van der Waals surface area (Å²) in [7, 11) is 5.49. The van der Waals surface area contributed by atoms with Crippen LogP contribution in [-0.4, -0.2) is 26.2 Å². The van der Waals surface area contributed by atoms with Gasteiger partial charge in [-0.25, -0.2) is 5.43 Å². The molecule has 0 aliphatic heterocycles. The van der Waals surface area contributed by atoms with Crippen molar-refractivity contribution in [3.05, 3.63) is 35.9 Å². The molecule has 0 spiro atoms. The second-order valence-corrected chi connectivity index (χ2v) is 2.85. The number of hydrogen-bond donors (Lipinski definition) is 1. The first-order valence-corrected chi connectivity index (χ1v) is 4.61. The van der Waals surface area contributed by atoms with Crippen molar-refractivity contribution >= 4 is 7.98 Å². The Morgan fingerprint density at radius 3 is 3.00 bits per heavy atom. The van der Waals surface area contributed by atoms with Crippen molar-refractivity contribution in [2.75, 3.05) is 13.3 Å². The van der Waals surface area contributed by atoms with Gasteiger partial charge in [0, 0.05) is 39.3 Å². The summed E-state index contributed by atoms with van der Waals surface area (Å²) in [6.07, 6.45) is 0. The van der Waals surface area contributed by atoms with Gasteiger partial charge in [-0.2, -0.15) is 30.3 Å². The molecule has 0 fully saturated rings. The average Bonchev–Trinajstić information content (AvgIpc) is 2.25. The number of hydrogen-bond acceptors (Lipinski definition) is 3. The smallest absolute Gasteiger partial charge is 0.206 e. The van der Waals surface area contributed by atoms with Crippen LogP contribution in [0.5, 0.6) is 0 Å². The molecule has 0 bridgehead atoms. The topological polar surface area (TPSA) is 24.5 Å². The molecule has 1 N–H and O–H groups in total. The van der Waals surface area contributed by atoms with Gasteiger partial charge in [-0.1, -0.05) is 6.92 Å². The standard InChI is InChI=1S/C10H14BN2O.Y/c1-2-13(11)12-9-14-8-10-6-4-3-5-7-10;/h3-4,6-7,12H,2,8-9H2,1H3;/q-1;. The minimum atomic E-state index is 0. The van der Waals surface area contributed by atoms with Crippen LogP contribution in [0, 0.1) is 6.07 Å². The number of nitrogens with one attached hydrogen (secondary N) is 1. The Morgan fingerprint density at radius 1 is 1.60 bits per heavy atom. The Morgan fingerprint density at radius 2 is 2.40 bits per heavy atom. The van der Waals surface area contributed by atoms with Gasteiger partial charge in [0.25, 0.3) is 0 Å². The minimum absolute atomic E-state index is 0. The van der Waals surface area contributed by atoms with Crippen LogP contribution in [-0.2, 0) is 44.1 Å². The summed E-state index contributed by atoms with van der Waals surface area (Å²) in [5, 5.41) is 0. The number of rotatable bonds is 6. The van der Waals surface area contributed by atoms with Gasteiger partial charge in [0.2, 0.25) is 7.98 Å². The quantitative estimate of drug-likeness (QED) is 0.275. The molecule has 0 aliphatic carbocycles. The van der Waals surface area contributed by atoms with Crippen LogP contribution in [0.1, 0.15) is 12.5 Å². The van der Waals surface area contributed by atoms with Crippen LogP contribution < -0.4 is 5.43 Å². The maximum atomic E-state index is 5.49. The normalized spacial score (nSPS) is 10.0. The van der Waals surface area contributed by atoms with Gasteiger partial charge < -0.3 is 4.74 Å². The second-order valence-electron chi connectivity index (χ2n) is 2.85. The van der Waals surface area contributed by atoms with E-state index in [-0.39, 0.29) is 32.7 Å². The Hall–Kier alpha value is 0.269. The van der Waals surface area contributed by atoms with Crippen molar-refractivity contribution in [3.8, 4) is 0 Å². The molecule has 0 saturated carbocycles. The van der Waals surface area contributed by atoms with E-state index in [0.717, 1.165) is 12.1 Å². The molecule has 0 amide bonds. The molecule has 15 heavy (non-hydrogen) atoms. The first kappa shape index (κ1) is 15.3. The van der Waals surface area contributed by atoms with Crippen molar-refractivity contribution in [1.29, 1.82) is 0 Å². The number of benzene rings is 1. The number of hydrazine groups is 1. The molecule has 0 unspecified atom stereocenters. The molecule has 1 aromatic carbocycles. The molecule has 0 heterocycles. The summed E-state index contributed by atoms with van der Waals surface area (Å²) in [5.74, 6) is 0. The molecule has 1 rings (SSSR count). The van der Waals surface area contributed by atoms with Crippen molar-refractivity contribution in [2.24, 2.45) is 0 Å². The summed E-state index contributed by atoms with van der Waals surface area (Å²) < 4.78 is 5.34. The maximum absolute atomic E-state index is 5.49. The van der Waals surface area contributed by atoms with E-state index in [1.807, 2.05) is 31.2 Å². The van der Waals surface area contributed by atoms with E-state index in [2.05, 4.69) is 11.5 Å². The zero-order valence-electron chi connectivity index (χ0n) is 8.94. The third-order valence-electron chi connectivity index (χ3n) is 1.75. The fourth-order valence-electron chi connectivity index (χ4n) is 0.930. The van der Waals surface area contributed by atoms with Gasteiger partial charge in [0.05, 0.1) is 0 Å². The molecule has 3 nitrogen and oxygen atoms in total. The van der Waals surface area contributed by atoms with Gasteiger partial charge in [0.15, 0.2) is 0 Å². The molecule has 0 aliphatic rings. The fraction of sp³-hybridized carbons (Fsp3) is 0.400. The maximum Gasteiger partial charge on any atom is 0.206 e. The van der Waals surface area contributed by atoms with E-state index >= 15 is 0 Å². The van der Waals surface area contributed by atoms with Crippen molar-refractivity contribution in [2.45, 2.75) is 13.5 Å². The summed E-state index contributed by atoms with van der Waals surface area (Å²) in [5.41, 5.74) is 3.99. The molecule has 1 aromatic rings. The number of ether oxygens (including phenoxy) is 1. The molecular formula is C10H14BN2OY-. The van der Waals surface area contributed by atoms with Crippen molar-refractivity contribution in [1.82, 2.24) is 10.3 Å². The molecule has 5 heteroatoms. The Labute approximate surface area is 118 Å². The number of nitrogens with zero attached hydrogens (tertiary/aromatic N) is 1. The zero-order chi connectivity index (χ0) is 10.2. The molecule has 3 radical (unpaired) electrons.